The van der Waals surface area contributed by atoms with Gasteiger partial charge in [0.25, 0.3) is 0 Å². The van der Waals surface area contributed by atoms with Crippen LogP contribution in [0.4, 0.5) is 0 Å². The first-order valence-electron chi connectivity index (χ1n) is 8.11. The summed E-state index contributed by atoms with van der Waals surface area (Å²) in [6, 6.07) is 0.163. The molecule has 5 heteroatoms. The molecule has 1 unspecified atom stereocenters. The summed E-state index contributed by atoms with van der Waals surface area (Å²) in [6.07, 6.45) is 7.69. The molecule has 21 heavy (non-hydrogen) atoms. The lowest BCUT2D eigenvalue weighted by molar-refractivity contribution is -0.131. The van der Waals surface area contributed by atoms with Crippen molar-refractivity contribution in [2.75, 3.05) is 6.61 Å². The van der Waals surface area contributed by atoms with Gasteiger partial charge in [0.15, 0.2) is 0 Å². The number of hydrogen-bond acceptors (Lipinski definition) is 3. The molecule has 0 bridgehead atoms. The Morgan fingerprint density at radius 1 is 1.24 bits per heavy atom. The summed E-state index contributed by atoms with van der Waals surface area (Å²) in [5, 5.41) is 3.21. The van der Waals surface area contributed by atoms with Gasteiger partial charge < -0.3 is 15.8 Å². The number of carbonyl (C=O) groups excluding carboxylic acids is 1. The third-order valence-electron chi connectivity index (χ3n) is 4.90. The van der Waals surface area contributed by atoms with Crippen molar-refractivity contribution in [1.29, 1.82) is 0 Å². The summed E-state index contributed by atoms with van der Waals surface area (Å²) < 4.78 is 5.71. The van der Waals surface area contributed by atoms with Crippen molar-refractivity contribution in [3.8, 4) is 0 Å². The molecular formula is C16H28N2O2S. The van der Waals surface area contributed by atoms with E-state index < -0.39 is 5.41 Å². The lowest BCUT2D eigenvalue weighted by Crippen LogP contribution is -2.54. The highest BCUT2D eigenvalue weighted by Crippen LogP contribution is 2.36. The molecule has 4 nitrogen and oxygen atoms in total. The molecule has 0 aromatic rings. The van der Waals surface area contributed by atoms with E-state index in [0.717, 1.165) is 38.5 Å². The minimum absolute atomic E-state index is 0.0413. The summed E-state index contributed by atoms with van der Waals surface area (Å²) >= 11 is 5.27. The van der Waals surface area contributed by atoms with E-state index in [0.29, 0.717) is 11.6 Å². The van der Waals surface area contributed by atoms with Crippen LogP contribution in [0.3, 0.4) is 0 Å². The summed E-state index contributed by atoms with van der Waals surface area (Å²) in [5.41, 5.74) is 5.18. The highest BCUT2D eigenvalue weighted by atomic mass is 32.1. The van der Waals surface area contributed by atoms with E-state index in [4.69, 9.17) is 22.7 Å². The van der Waals surface area contributed by atoms with Gasteiger partial charge in [-0.1, -0.05) is 37.9 Å². The number of nitrogens with two attached hydrogens (primary N) is 1. The highest BCUT2D eigenvalue weighted by molar-refractivity contribution is 7.80. The topological polar surface area (TPSA) is 64.4 Å². The Kier molecular flexibility index (Phi) is 5.25. The van der Waals surface area contributed by atoms with Gasteiger partial charge in [0.2, 0.25) is 5.91 Å². The first kappa shape index (κ1) is 16.7. The van der Waals surface area contributed by atoms with Crippen LogP contribution >= 0.6 is 12.2 Å². The van der Waals surface area contributed by atoms with Crippen LogP contribution < -0.4 is 11.1 Å². The van der Waals surface area contributed by atoms with E-state index in [1.165, 1.54) is 12.8 Å². The summed E-state index contributed by atoms with van der Waals surface area (Å²) in [5.74, 6) is 0.0413. The molecular weight excluding hydrogens is 284 g/mol. The minimum Gasteiger partial charge on any atom is -0.392 e. The first-order chi connectivity index (χ1) is 9.86. The smallest absolute Gasteiger partial charge is 0.233 e. The number of carbonyl (C=O) groups is 1. The van der Waals surface area contributed by atoms with Crippen molar-refractivity contribution in [2.45, 2.75) is 76.9 Å². The van der Waals surface area contributed by atoms with Crippen LogP contribution in [0.25, 0.3) is 0 Å². The second-order valence-corrected chi connectivity index (χ2v) is 7.57. The van der Waals surface area contributed by atoms with Crippen LogP contribution in [0.2, 0.25) is 0 Å². The number of ether oxygens (including phenoxy) is 1. The zero-order valence-electron chi connectivity index (χ0n) is 13.2. The van der Waals surface area contributed by atoms with Gasteiger partial charge in [0, 0.05) is 12.6 Å². The third-order valence-corrected chi connectivity index (χ3v) is 5.29. The molecule has 1 aliphatic carbocycles. The number of amides is 1. The van der Waals surface area contributed by atoms with Crippen molar-refractivity contribution in [1.82, 2.24) is 5.32 Å². The Hall–Kier alpha value is -0.680. The average Bonchev–Trinajstić information content (AvgIpc) is 2.63. The van der Waals surface area contributed by atoms with Crippen molar-refractivity contribution < 1.29 is 9.53 Å². The Balaban J connectivity index is 2.06. The maximum absolute atomic E-state index is 12.9. The van der Waals surface area contributed by atoms with Crippen molar-refractivity contribution in [3.63, 3.8) is 0 Å². The zero-order valence-corrected chi connectivity index (χ0v) is 14.1. The maximum Gasteiger partial charge on any atom is 0.233 e. The lowest BCUT2D eigenvalue weighted by Gasteiger charge is -2.38. The summed E-state index contributed by atoms with van der Waals surface area (Å²) in [6.45, 7) is 4.83. The lowest BCUT2D eigenvalue weighted by atomic mass is 9.78. The molecule has 1 amide bonds. The molecule has 3 N–H and O–H groups in total. The Morgan fingerprint density at radius 2 is 1.86 bits per heavy atom. The van der Waals surface area contributed by atoms with E-state index in [1.54, 1.807) is 0 Å². The molecule has 0 radical (unpaired) electrons. The molecule has 0 aromatic carbocycles. The molecule has 1 heterocycles. The molecule has 0 spiro atoms. The van der Waals surface area contributed by atoms with E-state index in [9.17, 15) is 4.79 Å². The van der Waals surface area contributed by atoms with Gasteiger partial charge in [-0.25, -0.2) is 0 Å². The summed E-state index contributed by atoms with van der Waals surface area (Å²) in [7, 11) is 0. The van der Waals surface area contributed by atoms with Crippen molar-refractivity contribution in [2.24, 2.45) is 11.1 Å². The fourth-order valence-electron chi connectivity index (χ4n) is 3.60. The second kappa shape index (κ2) is 6.61. The van der Waals surface area contributed by atoms with Gasteiger partial charge >= 0.3 is 0 Å². The quantitative estimate of drug-likeness (QED) is 0.621. The average molecular weight is 312 g/mol. The summed E-state index contributed by atoms with van der Waals surface area (Å²) in [4.78, 5) is 13.2. The molecule has 2 rings (SSSR count). The van der Waals surface area contributed by atoms with Gasteiger partial charge in [-0.2, -0.15) is 0 Å². The zero-order chi connectivity index (χ0) is 15.5. The molecule has 120 valence electrons. The van der Waals surface area contributed by atoms with E-state index in [-0.39, 0.29) is 17.6 Å². The standard InChI is InChI=1S/C16H28N2O2S/c1-15(2)11-12(7-10-20-15)18-14(19)16(13(17)21)8-5-3-4-6-9-16/h12H,3-11H2,1-2H3,(H2,17,21)(H,18,19). The second-order valence-electron chi connectivity index (χ2n) is 7.13. The predicted octanol–water partition coefficient (Wildman–Crippen LogP) is 2.69. The molecule has 1 atom stereocenters. The van der Waals surface area contributed by atoms with Gasteiger partial charge in [-0.3, -0.25) is 4.79 Å². The van der Waals surface area contributed by atoms with Gasteiger partial charge in [-0.05, 0) is 39.5 Å². The Bertz CT molecular complexity index is 401. The van der Waals surface area contributed by atoms with Crippen LogP contribution in [0.15, 0.2) is 0 Å². The first-order valence-corrected chi connectivity index (χ1v) is 8.51. The van der Waals surface area contributed by atoms with Crippen LogP contribution in [0.5, 0.6) is 0 Å². The Labute approximate surface area is 133 Å². The maximum atomic E-state index is 12.9. The molecule has 1 aliphatic heterocycles. The molecule has 1 saturated carbocycles. The number of nitrogens with one attached hydrogen (secondary N) is 1. The van der Waals surface area contributed by atoms with Crippen LogP contribution in [0, 0.1) is 5.41 Å². The number of thiocarbonyl (C=S) groups is 1. The molecule has 2 aliphatic rings. The third kappa shape index (κ3) is 3.95. The number of rotatable bonds is 3. The largest absolute Gasteiger partial charge is 0.392 e. The number of hydrogen-bond donors (Lipinski definition) is 2. The molecule has 2 fully saturated rings. The molecule has 1 saturated heterocycles. The van der Waals surface area contributed by atoms with Crippen LogP contribution in [-0.2, 0) is 9.53 Å². The van der Waals surface area contributed by atoms with E-state index >= 15 is 0 Å². The SMILES string of the molecule is CC1(C)CC(NC(=O)C2(C(N)=S)CCCCCC2)CCO1. The molecule has 0 aromatic heterocycles. The normalized spacial score (nSPS) is 28.4. The van der Waals surface area contributed by atoms with Gasteiger partial charge in [0.05, 0.1) is 16.0 Å². The van der Waals surface area contributed by atoms with Gasteiger partial charge in [0.1, 0.15) is 0 Å². The van der Waals surface area contributed by atoms with Crippen LogP contribution in [0.1, 0.15) is 65.2 Å². The fourth-order valence-corrected chi connectivity index (χ4v) is 3.89. The fraction of sp³-hybridized carbons (Fsp3) is 0.875. The van der Waals surface area contributed by atoms with Gasteiger partial charge in [-0.15, -0.1) is 0 Å². The van der Waals surface area contributed by atoms with Crippen molar-refractivity contribution in [3.05, 3.63) is 0 Å². The van der Waals surface area contributed by atoms with E-state index in [2.05, 4.69) is 19.2 Å². The predicted molar refractivity (Wildman–Crippen MR) is 88.1 cm³/mol. The van der Waals surface area contributed by atoms with Crippen LogP contribution in [-0.4, -0.2) is 29.1 Å². The monoisotopic (exact) mass is 312 g/mol. The Morgan fingerprint density at radius 3 is 2.38 bits per heavy atom. The minimum atomic E-state index is -0.631. The highest BCUT2D eigenvalue weighted by Gasteiger charge is 2.43. The van der Waals surface area contributed by atoms with Crippen molar-refractivity contribution >= 4 is 23.1 Å². The van der Waals surface area contributed by atoms with E-state index in [1.807, 2.05) is 0 Å².